The smallest absolute Gasteiger partial charge is 0.140 e. The highest BCUT2D eigenvalue weighted by Gasteiger charge is 2.03. The van der Waals surface area contributed by atoms with Gasteiger partial charge in [0.05, 0.1) is 0 Å². The molecule has 2 heterocycles. The summed E-state index contributed by atoms with van der Waals surface area (Å²) in [5.41, 5.74) is 2.01. The number of fused-ring (bicyclic) bond motifs is 2. The van der Waals surface area contributed by atoms with Gasteiger partial charge in [-0.15, -0.1) is 0 Å². The predicted octanol–water partition coefficient (Wildman–Crippen LogP) is 2.35. The van der Waals surface area contributed by atoms with E-state index < -0.39 is 0 Å². The molecule has 1 aromatic carbocycles. The van der Waals surface area contributed by atoms with Crippen molar-refractivity contribution in [1.82, 2.24) is 9.97 Å². The molecule has 0 saturated heterocycles. The molecule has 13 heavy (non-hydrogen) atoms. The number of aromatic hydroxyl groups is 1. The first-order valence-corrected chi connectivity index (χ1v) is 4.12. The van der Waals surface area contributed by atoms with E-state index in [0.717, 1.165) is 21.8 Å². The first kappa shape index (κ1) is 6.60. The average Bonchev–Trinajstić information content (AvgIpc) is 2.70. The number of aromatic nitrogens is 2. The van der Waals surface area contributed by atoms with Gasteiger partial charge in [0.15, 0.2) is 0 Å². The van der Waals surface area contributed by atoms with Gasteiger partial charge in [0.1, 0.15) is 5.75 Å². The lowest BCUT2D eigenvalue weighted by molar-refractivity contribution is 0.481. The van der Waals surface area contributed by atoms with Gasteiger partial charge in [-0.05, 0) is 18.2 Å². The molecule has 3 aromatic rings. The Morgan fingerprint density at radius 3 is 2.92 bits per heavy atom. The maximum Gasteiger partial charge on any atom is 0.140 e. The van der Waals surface area contributed by atoms with Crippen LogP contribution in [-0.2, 0) is 0 Å². The second-order valence-electron chi connectivity index (χ2n) is 3.14. The summed E-state index contributed by atoms with van der Waals surface area (Å²) in [7, 11) is 0. The van der Waals surface area contributed by atoms with Crippen molar-refractivity contribution in [3.05, 3.63) is 30.6 Å². The molecule has 0 unspecified atom stereocenters. The summed E-state index contributed by atoms with van der Waals surface area (Å²) in [4.78, 5) is 6.11. The second-order valence-corrected chi connectivity index (χ2v) is 3.14. The minimum absolute atomic E-state index is 0.298. The molecule has 0 radical (unpaired) electrons. The fraction of sp³-hybridized carbons (Fsp3) is 0. The molecule has 64 valence electrons. The first-order valence-electron chi connectivity index (χ1n) is 4.12. The van der Waals surface area contributed by atoms with Crippen molar-refractivity contribution in [3.8, 4) is 5.75 Å². The Hall–Kier alpha value is -1.90. The van der Waals surface area contributed by atoms with Crippen molar-refractivity contribution in [1.29, 1.82) is 0 Å². The molecule has 0 aliphatic carbocycles. The average molecular weight is 172 g/mol. The van der Waals surface area contributed by atoms with Gasteiger partial charge in [-0.3, -0.25) is 0 Å². The third kappa shape index (κ3) is 0.783. The van der Waals surface area contributed by atoms with E-state index in [9.17, 15) is 5.11 Å². The van der Waals surface area contributed by atoms with E-state index in [2.05, 4.69) is 9.97 Å². The normalized spacial score (nSPS) is 11.4. The maximum atomic E-state index is 9.46. The van der Waals surface area contributed by atoms with E-state index in [-0.39, 0.29) is 0 Å². The second kappa shape index (κ2) is 2.07. The van der Waals surface area contributed by atoms with Crippen LogP contribution in [0.5, 0.6) is 5.75 Å². The highest BCUT2D eigenvalue weighted by Crippen LogP contribution is 2.27. The third-order valence-corrected chi connectivity index (χ3v) is 2.33. The Morgan fingerprint density at radius 2 is 2.00 bits per heavy atom. The summed E-state index contributed by atoms with van der Waals surface area (Å²) in [6.45, 7) is 0. The number of benzene rings is 1. The minimum Gasteiger partial charge on any atom is -0.506 e. The fourth-order valence-electron chi connectivity index (χ4n) is 1.66. The van der Waals surface area contributed by atoms with E-state index in [1.807, 2.05) is 24.4 Å². The zero-order valence-electron chi connectivity index (χ0n) is 6.83. The van der Waals surface area contributed by atoms with Crippen LogP contribution in [-0.4, -0.2) is 15.1 Å². The number of hydrogen-bond acceptors (Lipinski definition) is 1. The maximum absolute atomic E-state index is 9.46. The molecule has 3 heteroatoms. The topological polar surface area (TPSA) is 51.8 Å². The molecule has 2 aromatic heterocycles. The number of H-pyrrole nitrogens is 2. The molecule has 3 nitrogen and oxygen atoms in total. The van der Waals surface area contributed by atoms with Gasteiger partial charge >= 0.3 is 0 Å². The molecule has 0 bridgehead atoms. The van der Waals surface area contributed by atoms with Crippen LogP contribution >= 0.6 is 0 Å². The molecule has 3 N–H and O–H groups in total. The van der Waals surface area contributed by atoms with Crippen LogP contribution < -0.4 is 0 Å². The minimum atomic E-state index is 0.298. The van der Waals surface area contributed by atoms with Gasteiger partial charge in [-0.1, -0.05) is 0 Å². The molecule has 0 saturated carbocycles. The van der Waals surface area contributed by atoms with Crippen LogP contribution in [0.2, 0.25) is 0 Å². The van der Waals surface area contributed by atoms with Crippen LogP contribution in [0.15, 0.2) is 30.6 Å². The molecule has 3 rings (SSSR count). The van der Waals surface area contributed by atoms with E-state index >= 15 is 0 Å². The van der Waals surface area contributed by atoms with Crippen molar-refractivity contribution < 1.29 is 5.11 Å². The number of aromatic amines is 2. The number of rotatable bonds is 0. The predicted molar refractivity (Wildman–Crippen MR) is 51.8 cm³/mol. The van der Waals surface area contributed by atoms with Gasteiger partial charge in [0.2, 0.25) is 0 Å². The Kier molecular flexibility index (Phi) is 1.05. The SMILES string of the molecule is Oc1c[nH]c2cc3cc[nH]c3cc12. The highest BCUT2D eigenvalue weighted by atomic mass is 16.3. The zero-order valence-corrected chi connectivity index (χ0v) is 6.83. The first-order chi connectivity index (χ1) is 6.34. The Bertz CT molecular complexity index is 577. The lowest BCUT2D eigenvalue weighted by atomic mass is 10.2. The van der Waals surface area contributed by atoms with Crippen LogP contribution in [0.25, 0.3) is 21.8 Å². The van der Waals surface area contributed by atoms with E-state index in [0.29, 0.717) is 5.75 Å². The van der Waals surface area contributed by atoms with Gasteiger partial charge in [-0.25, -0.2) is 0 Å². The summed E-state index contributed by atoms with van der Waals surface area (Å²) in [5, 5.41) is 11.5. The van der Waals surface area contributed by atoms with Gasteiger partial charge in [-0.2, -0.15) is 0 Å². The Morgan fingerprint density at radius 1 is 1.08 bits per heavy atom. The van der Waals surface area contributed by atoms with Gasteiger partial charge < -0.3 is 15.1 Å². The standard InChI is InChI=1S/C10H8N2O/c13-10-5-12-9-3-6-1-2-11-8(6)4-7(9)10/h1-5,11-13H. The van der Waals surface area contributed by atoms with Gasteiger partial charge in [0, 0.05) is 34.2 Å². The summed E-state index contributed by atoms with van der Waals surface area (Å²) in [5.74, 6) is 0.298. The summed E-state index contributed by atoms with van der Waals surface area (Å²) in [6.07, 6.45) is 3.49. The largest absolute Gasteiger partial charge is 0.506 e. The van der Waals surface area contributed by atoms with Gasteiger partial charge in [0.25, 0.3) is 0 Å². The van der Waals surface area contributed by atoms with Crippen LogP contribution in [0.4, 0.5) is 0 Å². The Balaban J connectivity index is 2.59. The molecular weight excluding hydrogens is 164 g/mol. The lowest BCUT2D eigenvalue weighted by Gasteiger charge is -1.92. The molecular formula is C10H8N2O. The van der Waals surface area contributed by atoms with Crippen molar-refractivity contribution in [3.63, 3.8) is 0 Å². The van der Waals surface area contributed by atoms with Crippen molar-refractivity contribution in [2.24, 2.45) is 0 Å². The molecule has 0 aliphatic heterocycles. The van der Waals surface area contributed by atoms with Crippen molar-refractivity contribution in [2.45, 2.75) is 0 Å². The van der Waals surface area contributed by atoms with Crippen molar-refractivity contribution in [2.75, 3.05) is 0 Å². The van der Waals surface area contributed by atoms with Crippen LogP contribution in [0.3, 0.4) is 0 Å². The van der Waals surface area contributed by atoms with E-state index in [1.54, 1.807) is 6.20 Å². The van der Waals surface area contributed by atoms with E-state index in [1.165, 1.54) is 0 Å². The zero-order chi connectivity index (χ0) is 8.84. The fourth-order valence-corrected chi connectivity index (χ4v) is 1.66. The van der Waals surface area contributed by atoms with E-state index in [4.69, 9.17) is 0 Å². The number of nitrogens with one attached hydrogen (secondary N) is 2. The van der Waals surface area contributed by atoms with Crippen LogP contribution in [0.1, 0.15) is 0 Å². The Labute approximate surface area is 74.0 Å². The summed E-state index contributed by atoms with van der Waals surface area (Å²) >= 11 is 0. The summed E-state index contributed by atoms with van der Waals surface area (Å²) in [6, 6.07) is 5.96. The van der Waals surface area contributed by atoms with Crippen LogP contribution in [0, 0.1) is 0 Å². The molecule has 0 spiro atoms. The monoisotopic (exact) mass is 172 g/mol. The molecule has 0 atom stereocenters. The van der Waals surface area contributed by atoms with Crippen molar-refractivity contribution >= 4 is 21.8 Å². The quantitative estimate of drug-likeness (QED) is 0.479. The highest BCUT2D eigenvalue weighted by molar-refractivity contribution is 5.98. The lowest BCUT2D eigenvalue weighted by Crippen LogP contribution is -1.69. The molecule has 0 fully saturated rings. The number of hydrogen-bond donors (Lipinski definition) is 3. The molecule has 0 amide bonds. The summed E-state index contributed by atoms with van der Waals surface area (Å²) < 4.78 is 0. The third-order valence-electron chi connectivity index (χ3n) is 2.33. The molecule has 0 aliphatic rings.